The summed E-state index contributed by atoms with van der Waals surface area (Å²) in [5, 5.41) is 5.76. The van der Waals surface area contributed by atoms with Gasteiger partial charge in [0, 0.05) is 42.3 Å². The van der Waals surface area contributed by atoms with Crippen LogP contribution in [-0.2, 0) is 11.2 Å². The molecule has 0 bridgehead atoms. The van der Waals surface area contributed by atoms with Crippen LogP contribution in [0.25, 0.3) is 6.08 Å². The van der Waals surface area contributed by atoms with Crippen molar-refractivity contribution >= 4 is 23.9 Å². The number of ether oxygens (including phenoxy) is 1. The number of anilines is 1. The van der Waals surface area contributed by atoms with Crippen molar-refractivity contribution in [3.05, 3.63) is 71.6 Å². The van der Waals surface area contributed by atoms with Crippen LogP contribution in [0.2, 0.25) is 0 Å². The highest BCUT2D eigenvalue weighted by Crippen LogP contribution is 2.12. The van der Waals surface area contributed by atoms with Crippen LogP contribution in [0, 0.1) is 13.8 Å². The molecule has 0 spiro atoms. The molecule has 0 saturated heterocycles. The van der Waals surface area contributed by atoms with E-state index in [0.717, 1.165) is 28.4 Å². The number of amides is 1. The Morgan fingerprint density at radius 3 is 2.58 bits per heavy atom. The Hall–Kier alpha value is -4.01. The summed E-state index contributed by atoms with van der Waals surface area (Å²) in [6.45, 7) is 4.20. The number of aromatic amines is 1. The van der Waals surface area contributed by atoms with Gasteiger partial charge in [-0.15, -0.1) is 0 Å². The summed E-state index contributed by atoms with van der Waals surface area (Å²) in [6, 6.07) is 9.27. The SMILES string of the molecule is COc1ccc(/C=C/C(=O)NC(=NCCc2cnc[nH]2)Nc2nc(C)cc(C)n2)cc1. The molecule has 160 valence electrons. The number of aryl methyl sites for hydroxylation is 2. The highest BCUT2D eigenvalue weighted by atomic mass is 16.5. The zero-order valence-electron chi connectivity index (χ0n) is 17.7. The maximum Gasteiger partial charge on any atom is 0.250 e. The van der Waals surface area contributed by atoms with E-state index in [0.29, 0.717) is 18.9 Å². The van der Waals surface area contributed by atoms with Crippen molar-refractivity contribution in [3.63, 3.8) is 0 Å². The van der Waals surface area contributed by atoms with Gasteiger partial charge in [-0.1, -0.05) is 12.1 Å². The zero-order valence-corrected chi connectivity index (χ0v) is 17.7. The fourth-order valence-corrected chi connectivity index (χ4v) is 2.75. The maximum atomic E-state index is 12.5. The first kappa shape index (κ1) is 21.7. The molecule has 9 heteroatoms. The number of aliphatic imine (C=N–C) groups is 1. The van der Waals surface area contributed by atoms with Gasteiger partial charge < -0.3 is 9.72 Å². The summed E-state index contributed by atoms with van der Waals surface area (Å²) in [5.41, 5.74) is 3.46. The van der Waals surface area contributed by atoms with Crippen molar-refractivity contribution in [2.45, 2.75) is 20.3 Å². The summed E-state index contributed by atoms with van der Waals surface area (Å²) < 4.78 is 5.14. The van der Waals surface area contributed by atoms with Crippen LogP contribution in [0.15, 0.2) is 53.9 Å². The summed E-state index contributed by atoms with van der Waals surface area (Å²) in [6.07, 6.45) is 7.16. The van der Waals surface area contributed by atoms with E-state index >= 15 is 0 Å². The second-order valence-corrected chi connectivity index (χ2v) is 6.75. The van der Waals surface area contributed by atoms with Gasteiger partial charge in [-0.05, 0) is 43.7 Å². The first-order chi connectivity index (χ1) is 15.0. The van der Waals surface area contributed by atoms with Gasteiger partial charge in [0.05, 0.1) is 13.4 Å². The summed E-state index contributed by atoms with van der Waals surface area (Å²) in [5.74, 6) is 1.07. The van der Waals surface area contributed by atoms with Crippen molar-refractivity contribution in [1.82, 2.24) is 25.3 Å². The van der Waals surface area contributed by atoms with Crippen LogP contribution in [0.1, 0.15) is 22.6 Å². The molecule has 3 N–H and O–H groups in total. The highest BCUT2D eigenvalue weighted by Gasteiger charge is 2.07. The topological polar surface area (TPSA) is 117 Å². The second-order valence-electron chi connectivity index (χ2n) is 6.75. The molecule has 0 atom stereocenters. The number of hydrogen-bond donors (Lipinski definition) is 3. The quantitative estimate of drug-likeness (QED) is 0.308. The lowest BCUT2D eigenvalue weighted by atomic mass is 10.2. The van der Waals surface area contributed by atoms with Gasteiger partial charge in [0.2, 0.25) is 11.9 Å². The molecule has 0 fully saturated rings. The summed E-state index contributed by atoms with van der Waals surface area (Å²) in [7, 11) is 1.61. The number of hydrogen-bond acceptors (Lipinski definition) is 6. The summed E-state index contributed by atoms with van der Waals surface area (Å²) in [4.78, 5) is 32.7. The molecule has 3 rings (SSSR count). The highest BCUT2D eigenvalue weighted by molar-refractivity contribution is 6.08. The maximum absolute atomic E-state index is 12.5. The number of rotatable bonds is 7. The molecule has 31 heavy (non-hydrogen) atoms. The van der Waals surface area contributed by atoms with Crippen LogP contribution in [0.3, 0.4) is 0 Å². The molecule has 0 unspecified atom stereocenters. The van der Waals surface area contributed by atoms with E-state index in [-0.39, 0.29) is 11.9 Å². The standard InChI is InChI=1S/C22H25N7O2/c1-15-12-16(2)27-22(26-15)29-21(24-11-10-18-13-23-14-25-18)28-20(30)9-6-17-4-7-19(31-3)8-5-17/h4-9,12-14H,10-11H2,1-3H3,(H,23,25)(H2,24,26,27,28,29,30)/b9-6+. The van der Waals surface area contributed by atoms with Gasteiger partial charge in [0.15, 0.2) is 0 Å². The largest absolute Gasteiger partial charge is 0.497 e. The third-order valence-electron chi connectivity index (χ3n) is 4.20. The van der Waals surface area contributed by atoms with Crippen LogP contribution in [0.4, 0.5) is 5.95 Å². The minimum Gasteiger partial charge on any atom is -0.497 e. The van der Waals surface area contributed by atoms with Gasteiger partial charge >= 0.3 is 0 Å². The Bertz CT molecular complexity index is 1040. The number of carbonyl (C=O) groups excluding carboxylic acids is 1. The molecular weight excluding hydrogens is 394 g/mol. The van der Waals surface area contributed by atoms with Crippen LogP contribution in [0.5, 0.6) is 5.75 Å². The van der Waals surface area contributed by atoms with E-state index in [1.54, 1.807) is 25.7 Å². The number of guanidine groups is 1. The third-order valence-corrected chi connectivity index (χ3v) is 4.20. The molecule has 0 radical (unpaired) electrons. The zero-order chi connectivity index (χ0) is 22.1. The molecule has 2 heterocycles. The first-order valence-corrected chi connectivity index (χ1v) is 9.76. The van der Waals surface area contributed by atoms with E-state index in [1.165, 1.54) is 6.08 Å². The number of benzene rings is 1. The number of imidazole rings is 1. The third kappa shape index (κ3) is 7.07. The minimum absolute atomic E-state index is 0.272. The number of methoxy groups -OCH3 is 1. The number of aromatic nitrogens is 4. The molecule has 9 nitrogen and oxygen atoms in total. The first-order valence-electron chi connectivity index (χ1n) is 9.76. The van der Waals surface area contributed by atoms with Crippen molar-refractivity contribution in [2.24, 2.45) is 4.99 Å². The van der Waals surface area contributed by atoms with Gasteiger partial charge in [-0.2, -0.15) is 0 Å². The minimum atomic E-state index is -0.326. The van der Waals surface area contributed by atoms with E-state index in [2.05, 4.69) is 35.6 Å². The monoisotopic (exact) mass is 419 g/mol. The van der Waals surface area contributed by atoms with Crippen molar-refractivity contribution in [2.75, 3.05) is 19.0 Å². The van der Waals surface area contributed by atoms with Crippen LogP contribution < -0.4 is 15.4 Å². The lowest BCUT2D eigenvalue weighted by Gasteiger charge is -2.10. The van der Waals surface area contributed by atoms with Crippen molar-refractivity contribution < 1.29 is 9.53 Å². The lowest BCUT2D eigenvalue weighted by Crippen LogP contribution is -2.35. The number of H-pyrrole nitrogens is 1. The van der Waals surface area contributed by atoms with E-state index < -0.39 is 0 Å². The van der Waals surface area contributed by atoms with Crippen LogP contribution in [-0.4, -0.2) is 45.5 Å². The Balaban J connectivity index is 1.69. The molecule has 0 saturated carbocycles. The van der Waals surface area contributed by atoms with Gasteiger partial charge in [0.25, 0.3) is 5.91 Å². The molecule has 3 aromatic rings. The van der Waals surface area contributed by atoms with Gasteiger partial charge in [0.1, 0.15) is 5.75 Å². The normalized spacial score (nSPS) is 11.5. The predicted molar refractivity (Wildman–Crippen MR) is 120 cm³/mol. The number of nitrogens with one attached hydrogen (secondary N) is 3. The molecule has 2 aromatic heterocycles. The van der Waals surface area contributed by atoms with Crippen molar-refractivity contribution in [3.8, 4) is 5.75 Å². The summed E-state index contributed by atoms with van der Waals surface area (Å²) >= 11 is 0. The van der Waals surface area contributed by atoms with Crippen LogP contribution >= 0.6 is 0 Å². The van der Waals surface area contributed by atoms with E-state index in [1.807, 2.05) is 44.2 Å². The molecular formula is C22H25N7O2. The van der Waals surface area contributed by atoms with E-state index in [9.17, 15) is 4.79 Å². The molecule has 0 aliphatic rings. The Morgan fingerprint density at radius 1 is 1.19 bits per heavy atom. The van der Waals surface area contributed by atoms with Gasteiger partial charge in [-0.3, -0.25) is 20.4 Å². The lowest BCUT2D eigenvalue weighted by molar-refractivity contribution is -0.115. The number of carbonyl (C=O) groups is 1. The molecule has 1 aromatic carbocycles. The average molecular weight is 419 g/mol. The van der Waals surface area contributed by atoms with Crippen molar-refractivity contribution in [1.29, 1.82) is 0 Å². The molecule has 0 aliphatic heterocycles. The van der Waals surface area contributed by atoms with Gasteiger partial charge in [-0.25, -0.2) is 15.0 Å². The molecule has 0 aliphatic carbocycles. The number of nitrogens with zero attached hydrogens (tertiary/aromatic N) is 4. The predicted octanol–water partition coefficient (Wildman–Crippen LogP) is 2.67. The fraction of sp³-hybridized carbons (Fsp3) is 0.227. The van der Waals surface area contributed by atoms with E-state index in [4.69, 9.17) is 4.74 Å². The Kier molecular flexibility index (Phi) is 7.47. The Morgan fingerprint density at radius 2 is 1.94 bits per heavy atom. The smallest absolute Gasteiger partial charge is 0.250 e. The second kappa shape index (κ2) is 10.7. The molecule has 1 amide bonds. The average Bonchev–Trinajstić information content (AvgIpc) is 3.25. The fourth-order valence-electron chi connectivity index (χ4n) is 2.75. The Labute approximate surface area is 180 Å².